The number of hydrogen-bond donors (Lipinski definition) is 2. The van der Waals surface area contributed by atoms with Crippen molar-refractivity contribution in [3.63, 3.8) is 0 Å². The van der Waals surface area contributed by atoms with Crippen molar-refractivity contribution >= 4 is 44.8 Å². The number of aryl methyl sites for hydroxylation is 2. The van der Waals surface area contributed by atoms with E-state index in [1.165, 1.54) is 34.8 Å². The average molecular weight is 535 g/mol. The highest BCUT2D eigenvalue weighted by Crippen LogP contribution is 2.23. The van der Waals surface area contributed by atoms with Gasteiger partial charge >= 0.3 is 0 Å². The largest absolute Gasteiger partial charge is 0.350 e. The quantitative estimate of drug-likeness (QED) is 0.378. The smallest absolute Gasteiger partial charge is 0.233 e. The number of halogens is 1. The predicted molar refractivity (Wildman–Crippen MR) is 133 cm³/mol. The minimum atomic E-state index is -0.666. The minimum Gasteiger partial charge on any atom is -0.350 e. The molecule has 0 atom stereocenters. The lowest BCUT2D eigenvalue weighted by Crippen LogP contribution is -2.43. The van der Waals surface area contributed by atoms with E-state index in [1.54, 1.807) is 12.1 Å². The molecule has 13 heteroatoms. The molecule has 0 aliphatic carbocycles. The molecule has 1 aliphatic rings. The minimum absolute atomic E-state index is 0.0668. The lowest BCUT2D eigenvalue weighted by atomic mass is 10.1. The number of ether oxygens (including phenoxy) is 2. The van der Waals surface area contributed by atoms with E-state index in [9.17, 15) is 14.0 Å². The maximum Gasteiger partial charge on any atom is 0.233 e. The number of carbonyl (C=O) groups is 2. The molecule has 1 aliphatic heterocycles. The van der Waals surface area contributed by atoms with Crippen molar-refractivity contribution in [2.24, 2.45) is 5.92 Å². The highest BCUT2D eigenvalue weighted by atomic mass is 32.1. The number of hydrogen-bond acceptors (Lipinski definition) is 10. The zero-order chi connectivity index (χ0) is 25.5. The van der Waals surface area contributed by atoms with Crippen LogP contribution >= 0.6 is 22.7 Å². The first-order valence-corrected chi connectivity index (χ1v) is 13.2. The van der Waals surface area contributed by atoms with Gasteiger partial charge in [-0.15, -0.1) is 20.4 Å². The number of rotatable bonds is 10. The third kappa shape index (κ3) is 7.82. The van der Waals surface area contributed by atoms with E-state index in [2.05, 4.69) is 31.0 Å². The first-order valence-electron chi connectivity index (χ1n) is 11.5. The normalized spacial score (nSPS) is 15.5. The topological polar surface area (TPSA) is 128 Å². The SMILES string of the molecule is CC1(C)OCC(C(=O)Nc2nnc(CCCCc3nnc(NC(=O)Cc4cccc(F)c4)s3)s2)CO1. The maximum absolute atomic E-state index is 13.3. The van der Waals surface area contributed by atoms with Gasteiger partial charge in [0.2, 0.25) is 22.1 Å². The Morgan fingerprint density at radius 3 is 2.22 bits per heavy atom. The summed E-state index contributed by atoms with van der Waals surface area (Å²) >= 11 is 2.68. The second-order valence-corrected chi connectivity index (χ2v) is 10.9. The molecule has 2 amide bonds. The third-order valence-corrected chi connectivity index (χ3v) is 7.13. The number of aromatic nitrogens is 4. The van der Waals surface area contributed by atoms with Crippen LogP contribution < -0.4 is 10.6 Å². The predicted octanol–water partition coefficient (Wildman–Crippen LogP) is 3.61. The molecule has 0 saturated carbocycles. The van der Waals surface area contributed by atoms with Crippen LogP contribution in [0.4, 0.5) is 14.7 Å². The van der Waals surface area contributed by atoms with Gasteiger partial charge in [0.25, 0.3) is 0 Å². The van der Waals surface area contributed by atoms with E-state index in [4.69, 9.17) is 9.47 Å². The Morgan fingerprint density at radius 2 is 1.61 bits per heavy atom. The molecule has 2 N–H and O–H groups in total. The van der Waals surface area contributed by atoms with Crippen LogP contribution in [0, 0.1) is 11.7 Å². The Balaban J connectivity index is 1.14. The van der Waals surface area contributed by atoms with E-state index in [0.717, 1.165) is 35.7 Å². The highest BCUT2D eigenvalue weighted by molar-refractivity contribution is 7.15. The van der Waals surface area contributed by atoms with Crippen LogP contribution in [-0.2, 0) is 38.3 Å². The number of anilines is 2. The Bertz CT molecular complexity index is 1190. The van der Waals surface area contributed by atoms with Gasteiger partial charge in [0.15, 0.2) is 5.79 Å². The Morgan fingerprint density at radius 1 is 1.00 bits per heavy atom. The van der Waals surface area contributed by atoms with Gasteiger partial charge in [0.1, 0.15) is 15.8 Å². The second-order valence-electron chi connectivity index (χ2n) is 8.77. The van der Waals surface area contributed by atoms with Crippen LogP contribution in [0.5, 0.6) is 0 Å². The van der Waals surface area contributed by atoms with Crippen molar-refractivity contribution in [3.8, 4) is 0 Å². The second kappa shape index (κ2) is 11.9. The van der Waals surface area contributed by atoms with Gasteiger partial charge in [-0.05, 0) is 44.4 Å². The van der Waals surface area contributed by atoms with Gasteiger partial charge in [0, 0.05) is 12.8 Å². The van der Waals surface area contributed by atoms with Gasteiger partial charge < -0.3 is 20.1 Å². The van der Waals surface area contributed by atoms with Gasteiger partial charge in [-0.25, -0.2) is 4.39 Å². The molecule has 0 bridgehead atoms. The van der Waals surface area contributed by atoms with Crippen molar-refractivity contribution in [2.45, 2.75) is 51.7 Å². The van der Waals surface area contributed by atoms with Crippen molar-refractivity contribution < 1.29 is 23.5 Å². The van der Waals surface area contributed by atoms with Crippen LogP contribution in [0.25, 0.3) is 0 Å². The van der Waals surface area contributed by atoms with Crippen LogP contribution in [0.3, 0.4) is 0 Å². The van der Waals surface area contributed by atoms with Crippen LogP contribution in [0.2, 0.25) is 0 Å². The van der Waals surface area contributed by atoms with Gasteiger partial charge in [-0.2, -0.15) is 0 Å². The first-order chi connectivity index (χ1) is 17.3. The number of nitrogens with one attached hydrogen (secondary N) is 2. The molecular formula is C23H27FN6O4S2. The summed E-state index contributed by atoms with van der Waals surface area (Å²) in [6.45, 7) is 4.23. The summed E-state index contributed by atoms with van der Waals surface area (Å²) in [6.07, 6.45) is 3.24. The summed E-state index contributed by atoms with van der Waals surface area (Å²) in [4.78, 5) is 24.6. The van der Waals surface area contributed by atoms with E-state index < -0.39 is 5.79 Å². The Hall–Kier alpha value is -2.87. The van der Waals surface area contributed by atoms with Gasteiger partial charge in [-0.3, -0.25) is 9.59 Å². The summed E-state index contributed by atoms with van der Waals surface area (Å²) in [5, 5.41) is 24.4. The van der Waals surface area contributed by atoms with Crippen molar-refractivity contribution in [1.82, 2.24) is 20.4 Å². The summed E-state index contributed by atoms with van der Waals surface area (Å²) < 4.78 is 24.3. The number of nitrogens with zero attached hydrogens (tertiary/aromatic N) is 4. The molecule has 0 radical (unpaired) electrons. The maximum atomic E-state index is 13.3. The standard InChI is InChI=1S/C23H27FN6O4S2/c1-23(2)33-12-15(13-34-23)20(32)26-22-30-28-19(36-22)9-4-3-8-18-27-29-21(35-18)25-17(31)11-14-6-5-7-16(24)10-14/h5-7,10,15H,3-4,8-9,11-13H2,1-2H3,(H,25,29,31)(H,26,30,32). The highest BCUT2D eigenvalue weighted by Gasteiger charge is 2.32. The molecule has 2 aromatic heterocycles. The summed E-state index contributed by atoms with van der Waals surface area (Å²) in [6, 6.07) is 5.94. The molecule has 1 aromatic carbocycles. The van der Waals surface area contributed by atoms with E-state index in [-0.39, 0.29) is 30.0 Å². The summed E-state index contributed by atoms with van der Waals surface area (Å²) in [7, 11) is 0. The molecule has 36 heavy (non-hydrogen) atoms. The van der Waals surface area contributed by atoms with Crippen molar-refractivity contribution in [1.29, 1.82) is 0 Å². The first kappa shape index (κ1) is 26.2. The summed E-state index contributed by atoms with van der Waals surface area (Å²) in [5.74, 6) is -1.88. The molecule has 4 rings (SSSR count). The van der Waals surface area contributed by atoms with Crippen LogP contribution in [0.1, 0.15) is 42.3 Å². The fourth-order valence-corrected chi connectivity index (χ4v) is 4.99. The molecule has 1 fully saturated rings. The zero-order valence-electron chi connectivity index (χ0n) is 20.0. The molecular weight excluding hydrogens is 507 g/mol. The Labute approximate surface area is 215 Å². The van der Waals surface area contributed by atoms with E-state index >= 15 is 0 Å². The van der Waals surface area contributed by atoms with E-state index in [0.29, 0.717) is 29.0 Å². The number of amides is 2. The number of benzene rings is 1. The molecule has 192 valence electrons. The molecule has 1 saturated heterocycles. The Kier molecular flexibility index (Phi) is 8.67. The van der Waals surface area contributed by atoms with E-state index in [1.807, 2.05) is 13.8 Å². The molecule has 10 nitrogen and oxygen atoms in total. The van der Waals surface area contributed by atoms with Crippen molar-refractivity contribution in [3.05, 3.63) is 45.7 Å². The number of unbranched alkanes of at least 4 members (excludes halogenated alkanes) is 1. The molecule has 0 unspecified atom stereocenters. The van der Waals surface area contributed by atoms with Gasteiger partial charge in [0.05, 0.1) is 25.6 Å². The number of carbonyl (C=O) groups excluding carboxylic acids is 2. The van der Waals surface area contributed by atoms with Crippen LogP contribution in [-0.4, -0.2) is 51.2 Å². The van der Waals surface area contributed by atoms with Gasteiger partial charge in [-0.1, -0.05) is 34.8 Å². The lowest BCUT2D eigenvalue weighted by molar-refractivity contribution is -0.258. The molecule has 3 aromatic rings. The lowest BCUT2D eigenvalue weighted by Gasteiger charge is -2.34. The molecule has 0 spiro atoms. The fourth-order valence-electron chi connectivity index (χ4n) is 3.41. The van der Waals surface area contributed by atoms with Crippen molar-refractivity contribution in [2.75, 3.05) is 23.8 Å². The zero-order valence-corrected chi connectivity index (χ0v) is 21.6. The monoisotopic (exact) mass is 534 g/mol. The van der Waals surface area contributed by atoms with Crippen LogP contribution in [0.15, 0.2) is 24.3 Å². The average Bonchev–Trinajstić information content (AvgIpc) is 3.45. The molecule has 3 heterocycles. The summed E-state index contributed by atoms with van der Waals surface area (Å²) in [5.41, 5.74) is 0.595. The third-order valence-electron chi connectivity index (χ3n) is 5.33. The fraction of sp³-hybridized carbons (Fsp3) is 0.478.